The number of ether oxygens (including phenoxy) is 2. The zero-order valence-corrected chi connectivity index (χ0v) is 12.1. The number of amides is 1. The van der Waals surface area contributed by atoms with Gasteiger partial charge in [-0.3, -0.25) is 4.79 Å². The van der Waals surface area contributed by atoms with Gasteiger partial charge in [-0.15, -0.1) is 0 Å². The molecule has 0 bridgehead atoms. The average molecular weight is 277 g/mol. The molecule has 1 aromatic carbocycles. The molecule has 1 rings (SSSR count). The van der Waals surface area contributed by atoms with Crippen LogP contribution in [0.15, 0.2) is 18.2 Å². The van der Waals surface area contributed by atoms with Crippen molar-refractivity contribution in [3.8, 4) is 17.6 Å². The highest BCUT2D eigenvalue weighted by Gasteiger charge is 2.27. The number of hydrogen-bond donors (Lipinski definition) is 2. The van der Waals surface area contributed by atoms with E-state index < -0.39 is 5.60 Å². The van der Waals surface area contributed by atoms with Gasteiger partial charge >= 0.3 is 0 Å². The van der Waals surface area contributed by atoms with E-state index in [9.17, 15) is 4.79 Å². The molecule has 0 saturated heterocycles. The normalized spacial score (nSPS) is 10.4. The van der Waals surface area contributed by atoms with Crippen molar-refractivity contribution in [2.75, 3.05) is 26.1 Å². The molecule has 1 aromatic rings. The van der Waals surface area contributed by atoms with Crippen molar-refractivity contribution < 1.29 is 19.4 Å². The van der Waals surface area contributed by atoms with E-state index >= 15 is 0 Å². The van der Waals surface area contributed by atoms with Gasteiger partial charge < -0.3 is 19.9 Å². The SMILES string of the molecule is COc1ccc(C#CCO)cc1NC(=O)C(C)(C)OC. The van der Waals surface area contributed by atoms with Crippen LogP contribution in [0.4, 0.5) is 5.69 Å². The summed E-state index contributed by atoms with van der Waals surface area (Å²) in [5, 5.41) is 11.4. The van der Waals surface area contributed by atoms with E-state index in [0.29, 0.717) is 17.0 Å². The summed E-state index contributed by atoms with van der Waals surface area (Å²) in [6.07, 6.45) is 0. The molecule has 0 aliphatic carbocycles. The second kappa shape index (κ2) is 6.94. The van der Waals surface area contributed by atoms with Crippen molar-refractivity contribution in [3.63, 3.8) is 0 Å². The van der Waals surface area contributed by atoms with Crippen LogP contribution in [0, 0.1) is 11.8 Å². The molecule has 108 valence electrons. The number of carbonyl (C=O) groups is 1. The minimum absolute atomic E-state index is 0.218. The molecule has 0 aromatic heterocycles. The number of hydrogen-bond acceptors (Lipinski definition) is 4. The summed E-state index contributed by atoms with van der Waals surface area (Å²) in [6.45, 7) is 3.12. The Kier molecular flexibility index (Phi) is 5.56. The molecule has 0 fully saturated rings. The van der Waals surface area contributed by atoms with Crippen LogP contribution in [0.25, 0.3) is 0 Å². The van der Waals surface area contributed by atoms with Crippen LogP contribution < -0.4 is 10.1 Å². The zero-order valence-electron chi connectivity index (χ0n) is 12.1. The molecule has 5 nitrogen and oxygen atoms in total. The number of benzene rings is 1. The fraction of sp³-hybridized carbons (Fsp3) is 0.400. The van der Waals surface area contributed by atoms with Gasteiger partial charge in [0.25, 0.3) is 5.91 Å². The summed E-state index contributed by atoms with van der Waals surface area (Å²) < 4.78 is 10.3. The van der Waals surface area contributed by atoms with E-state index in [1.165, 1.54) is 14.2 Å². The van der Waals surface area contributed by atoms with E-state index in [1.807, 2.05) is 0 Å². The molecule has 0 radical (unpaired) electrons. The standard InChI is InChI=1S/C15H19NO4/c1-15(2,20-4)14(18)16-12-10-11(6-5-9-17)7-8-13(12)19-3/h7-8,10,17H,9H2,1-4H3,(H,16,18). The Balaban J connectivity index is 3.06. The second-order valence-electron chi connectivity index (χ2n) is 4.54. The predicted octanol–water partition coefficient (Wildman–Crippen LogP) is 1.40. The number of nitrogens with one attached hydrogen (secondary N) is 1. The van der Waals surface area contributed by atoms with Gasteiger partial charge in [-0.1, -0.05) is 11.8 Å². The number of anilines is 1. The third kappa shape index (κ3) is 3.98. The van der Waals surface area contributed by atoms with Crippen molar-refractivity contribution >= 4 is 11.6 Å². The maximum Gasteiger partial charge on any atom is 0.256 e. The van der Waals surface area contributed by atoms with Crippen molar-refractivity contribution in [1.29, 1.82) is 0 Å². The highest BCUT2D eigenvalue weighted by atomic mass is 16.5. The maximum absolute atomic E-state index is 12.1. The lowest BCUT2D eigenvalue weighted by atomic mass is 10.1. The van der Waals surface area contributed by atoms with Crippen LogP contribution in [-0.2, 0) is 9.53 Å². The molecule has 0 aliphatic heterocycles. The quantitative estimate of drug-likeness (QED) is 0.816. The van der Waals surface area contributed by atoms with Crippen molar-refractivity contribution in [2.24, 2.45) is 0 Å². The topological polar surface area (TPSA) is 67.8 Å². The van der Waals surface area contributed by atoms with Gasteiger partial charge in [-0.25, -0.2) is 0 Å². The number of carbonyl (C=O) groups excluding carboxylic acids is 1. The largest absolute Gasteiger partial charge is 0.495 e. The van der Waals surface area contributed by atoms with Crippen LogP contribution >= 0.6 is 0 Å². The van der Waals surface area contributed by atoms with E-state index in [2.05, 4.69) is 17.2 Å². The minimum Gasteiger partial charge on any atom is -0.495 e. The molecular weight excluding hydrogens is 258 g/mol. The number of methoxy groups -OCH3 is 2. The van der Waals surface area contributed by atoms with Crippen LogP contribution in [0.3, 0.4) is 0 Å². The third-order valence-electron chi connectivity index (χ3n) is 2.82. The molecule has 5 heteroatoms. The van der Waals surface area contributed by atoms with Gasteiger partial charge in [-0.05, 0) is 32.0 Å². The molecular formula is C15H19NO4. The fourth-order valence-corrected chi connectivity index (χ4v) is 1.39. The molecule has 0 spiro atoms. The monoisotopic (exact) mass is 277 g/mol. The Labute approximate surface area is 118 Å². The fourth-order valence-electron chi connectivity index (χ4n) is 1.39. The Morgan fingerprint density at radius 3 is 2.65 bits per heavy atom. The smallest absolute Gasteiger partial charge is 0.256 e. The maximum atomic E-state index is 12.1. The Morgan fingerprint density at radius 2 is 2.10 bits per heavy atom. The number of rotatable bonds is 4. The van der Waals surface area contributed by atoms with Crippen LogP contribution in [0.5, 0.6) is 5.75 Å². The third-order valence-corrected chi connectivity index (χ3v) is 2.82. The summed E-state index contributed by atoms with van der Waals surface area (Å²) in [5.41, 5.74) is 0.232. The van der Waals surface area contributed by atoms with E-state index in [-0.39, 0.29) is 12.5 Å². The first-order valence-corrected chi connectivity index (χ1v) is 6.09. The molecule has 0 saturated carbocycles. The summed E-state index contributed by atoms with van der Waals surface area (Å²) >= 11 is 0. The van der Waals surface area contributed by atoms with Gasteiger partial charge in [0, 0.05) is 12.7 Å². The predicted molar refractivity (Wildman–Crippen MR) is 76.7 cm³/mol. The Bertz CT molecular complexity index is 541. The highest BCUT2D eigenvalue weighted by Crippen LogP contribution is 2.26. The lowest BCUT2D eigenvalue weighted by Crippen LogP contribution is -2.38. The first-order valence-electron chi connectivity index (χ1n) is 6.09. The lowest BCUT2D eigenvalue weighted by Gasteiger charge is -2.22. The van der Waals surface area contributed by atoms with Gasteiger partial charge in [0.2, 0.25) is 0 Å². The van der Waals surface area contributed by atoms with Gasteiger partial charge in [0.05, 0.1) is 12.8 Å². The molecule has 2 N–H and O–H groups in total. The lowest BCUT2D eigenvalue weighted by molar-refractivity contribution is -0.133. The molecule has 0 aliphatic rings. The minimum atomic E-state index is -0.947. The van der Waals surface area contributed by atoms with Crippen molar-refractivity contribution in [2.45, 2.75) is 19.4 Å². The second-order valence-corrected chi connectivity index (χ2v) is 4.54. The van der Waals surface area contributed by atoms with Gasteiger partial charge in [0.15, 0.2) is 0 Å². The van der Waals surface area contributed by atoms with Gasteiger partial charge in [-0.2, -0.15) is 0 Å². The Hall–Kier alpha value is -2.03. The molecule has 20 heavy (non-hydrogen) atoms. The summed E-state index contributed by atoms with van der Waals surface area (Å²) in [7, 11) is 2.99. The van der Waals surface area contributed by atoms with Crippen molar-refractivity contribution in [3.05, 3.63) is 23.8 Å². The van der Waals surface area contributed by atoms with Crippen LogP contribution in [0.1, 0.15) is 19.4 Å². The van der Waals surface area contributed by atoms with E-state index in [0.717, 1.165) is 0 Å². The number of aliphatic hydroxyl groups is 1. The van der Waals surface area contributed by atoms with Crippen LogP contribution in [0.2, 0.25) is 0 Å². The van der Waals surface area contributed by atoms with E-state index in [4.69, 9.17) is 14.6 Å². The molecule has 0 atom stereocenters. The Morgan fingerprint density at radius 1 is 1.40 bits per heavy atom. The molecule has 0 unspecified atom stereocenters. The zero-order chi connectivity index (χ0) is 15.2. The summed E-state index contributed by atoms with van der Waals surface area (Å²) in [6, 6.07) is 5.14. The molecule has 1 amide bonds. The van der Waals surface area contributed by atoms with E-state index in [1.54, 1.807) is 32.0 Å². The summed E-state index contributed by atoms with van der Waals surface area (Å²) in [5.74, 6) is 5.57. The van der Waals surface area contributed by atoms with Gasteiger partial charge in [0.1, 0.15) is 18.0 Å². The number of aliphatic hydroxyl groups excluding tert-OH is 1. The first kappa shape index (κ1) is 16.0. The first-order chi connectivity index (χ1) is 9.44. The molecule has 0 heterocycles. The van der Waals surface area contributed by atoms with Crippen molar-refractivity contribution in [1.82, 2.24) is 0 Å². The van der Waals surface area contributed by atoms with Crippen LogP contribution in [-0.4, -0.2) is 37.4 Å². The average Bonchev–Trinajstić information content (AvgIpc) is 2.45. The summed E-state index contributed by atoms with van der Waals surface area (Å²) in [4.78, 5) is 12.1. The highest BCUT2D eigenvalue weighted by molar-refractivity contribution is 5.98.